The van der Waals surface area contributed by atoms with Gasteiger partial charge in [-0.15, -0.1) is 0 Å². The number of amides is 1. The highest BCUT2D eigenvalue weighted by Gasteiger charge is 2.38. The van der Waals surface area contributed by atoms with E-state index < -0.39 is 23.3 Å². The predicted octanol–water partition coefficient (Wildman–Crippen LogP) is 3.61. The van der Waals surface area contributed by atoms with E-state index in [1.165, 1.54) is 5.56 Å². The maximum Gasteiger partial charge on any atom is 0.434 e. The fraction of sp³-hybridized carbons (Fsp3) is 0.421. The lowest BCUT2D eigenvalue weighted by Gasteiger charge is -2.32. The van der Waals surface area contributed by atoms with Crippen LogP contribution in [0.5, 0.6) is 0 Å². The highest BCUT2D eigenvalue weighted by Crippen LogP contribution is 2.31. The number of aromatic nitrogens is 2. The second-order valence-corrected chi connectivity index (χ2v) is 7.40. The molecule has 1 fully saturated rings. The average molecular weight is 410 g/mol. The smallest absolute Gasteiger partial charge is 0.349 e. The third-order valence-electron chi connectivity index (χ3n) is 4.63. The molecule has 1 aromatic heterocycles. The Morgan fingerprint density at radius 3 is 2.54 bits per heavy atom. The van der Waals surface area contributed by atoms with Gasteiger partial charge in [-0.05, 0) is 24.7 Å². The number of hydrogen-bond donors (Lipinski definition) is 1. The van der Waals surface area contributed by atoms with Crippen LogP contribution in [0.1, 0.15) is 34.5 Å². The number of carbonyl (C=O) groups excluding carboxylic acids is 1. The van der Waals surface area contributed by atoms with Gasteiger partial charge in [0, 0.05) is 31.9 Å². The van der Waals surface area contributed by atoms with Crippen molar-refractivity contribution in [1.29, 1.82) is 0 Å². The Bertz CT molecular complexity index is 809. The first-order valence-electron chi connectivity index (χ1n) is 8.92. The van der Waals surface area contributed by atoms with Gasteiger partial charge in [0.15, 0.2) is 10.9 Å². The summed E-state index contributed by atoms with van der Waals surface area (Å²) in [6.07, 6.45) is -0.799. The molecule has 5 nitrogen and oxygen atoms in total. The normalized spacial score (nSPS) is 16.1. The number of nitrogens with zero attached hydrogens (tertiary/aromatic N) is 3. The summed E-state index contributed by atoms with van der Waals surface area (Å²) in [5.41, 5.74) is -0.506. The Hall–Kier alpha value is -2.13. The van der Waals surface area contributed by atoms with Crippen molar-refractivity contribution in [3.8, 4) is 0 Å². The summed E-state index contributed by atoms with van der Waals surface area (Å²) in [6.45, 7) is 2.37. The number of nitrogens with one attached hydrogen (secondary N) is 1. The highest BCUT2D eigenvalue weighted by molar-refractivity contribution is 7.98. The molecule has 0 bridgehead atoms. The first-order valence-corrected chi connectivity index (χ1v) is 10.1. The molecule has 28 heavy (non-hydrogen) atoms. The molecule has 150 valence electrons. The zero-order valence-electron chi connectivity index (χ0n) is 15.4. The van der Waals surface area contributed by atoms with Gasteiger partial charge in [-0.2, -0.15) is 13.2 Å². The second-order valence-electron chi connectivity index (χ2n) is 6.63. The molecule has 1 saturated heterocycles. The van der Waals surface area contributed by atoms with Crippen LogP contribution in [-0.2, 0) is 12.7 Å². The third-order valence-corrected chi connectivity index (χ3v) is 5.20. The van der Waals surface area contributed by atoms with Crippen molar-refractivity contribution in [2.24, 2.45) is 0 Å². The lowest BCUT2D eigenvalue weighted by atomic mass is 10.0. The zero-order valence-corrected chi connectivity index (χ0v) is 16.2. The van der Waals surface area contributed by atoms with Crippen molar-refractivity contribution in [2.45, 2.75) is 36.8 Å². The summed E-state index contributed by atoms with van der Waals surface area (Å²) in [6, 6.07) is 9.90. The molecule has 0 spiro atoms. The SMILES string of the molecule is CSc1ncc(C(=O)NC2CCN(Cc3ccccc3)CC2)c(C(F)(F)F)n1. The topological polar surface area (TPSA) is 58.1 Å². The molecule has 2 heterocycles. The highest BCUT2D eigenvalue weighted by atomic mass is 32.2. The molecule has 3 rings (SSSR count). The number of likely N-dealkylation sites (tertiary alicyclic amines) is 1. The molecule has 0 unspecified atom stereocenters. The van der Waals surface area contributed by atoms with E-state index in [-0.39, 0.29) is 11.2 Å². The van der Waals surface area contributed by atoms with E-state index in [0.29, 0.717) is 12.8 Å². The largest absolute Gasteiger partial charge is 0.434 e. The summed E-state index contributed by atoms with van der Waals surface area (Å²) in [7, 11) is 0. The van der Waals surface area contributed by atoms with Crippen molar-refractivity contribution in [1.82, 2.24) is 20.2 Å². The molecule has 0 radical (unpaired) electrons. The number of carbonyl (C=O) groups is 1. The number of thioether (sulfide) groups is 1. The van der Waals surface area contributed by atoms with E-state index in [4.69, 9.17) is 0 Å². The summed E-state index contributed by atoms with van der Waals surface area (Å²) >= 11 is 0.997. The van der Waals surface area contributed by atoms with E-state index in [1.54, 1.807) is 6.26 Å². The van der Waals surface area contributed by atoms with Gasteiger partial charge in [-0.25, -0.2) is 9.97 Å². The van der Waals surface area contributed by atoms with E-state index in [1.807, 2.05) is 18.2 Å². The molecular weight excluding hydrogens is 389 g/mol. The van der Waals surface area contributed by atoms with E-state index in [0.717, 1.165) is 37.6 Å². The van der Waals surface area contributed by atoms with Gasteiger partial charge in [0.05, 0.1) is 5.56 Å². The standard InChI is InChI=1S/C19H21F3N4OS/c1-28-18-23-11-15(16(25-18)19(20,21)22)17(27)24-14-7-9-26(10-8-14)12-13-5-3-2-4-6-13/h2-6,11,14H,7-10,12H2,1H3,(H,24,27). The first-order chi connectivity index (χ1) is 13.4. The summed E-state index contributed by atoms with van der Waals surface area (Å²) in [5.74, 6) is -0.776. The van der Waals surface area contributed by atoms with Crippen LogP contribution in [0.2, 0.25) is 0 Å². The van der Waals surface area contributed by atoms with Crippen LogP contribution in [0, 0.1) is 0 Å². The van der Waals surface area contributed by atoms with Crippen LogP contribution in [0.3, 0.4) is 0 Å². The molecule has 2 aromatic rings. The monoisotopic (exact) mass is 410 g/mol. The van der Waals surface area contributed by atoms with Crippen LogP contribution in [0.15, 0.2) is 41.7 Å². The predicted molar refractivity (Wildman–Crippen MR) is 101 cm³/mol. The van der Waals surface area contributed by atoms with Gasteiger partial charge < -0.3 is 5.32 Å². The van der Waals surface area contributed by atoms with Gasteiger partial charge in [0.2, 0.25) is 0 Å². The first kappa shape index (κ1) is 20.6. The number of hydrogen-bond acceptors (Lipinski definition) is 5. The molecule has 1 aliphatic rings. The van der Waals surface area contributed by atoms with E-state index in [2.05, 4.69) is 32.3 Å². The van der Waals surface area contributed by atoms with Crippen molar-refractivity contribution in [2.75, 3.05) is 19.3 Å². The second kappa shape index (κ2) is 8.91. The Balaban J connectivity index is 1.60. The Labute approximate surface area is 165 Å². The van der Waals surface area contributed by atoms with Crippen molar-refractivity contribution < 1.29 is 18.0 Å². The summed E-state index contributed by atoms with van der Waals surface area (Å²) < 4.78 is 39.8. The molecule has 0 atom stereocenters. The van der Waals surface area contributed by atoms with Crippen molar-refractivity contribution in [3.05, 3.63) is 53.3 Å². The lowest BCUT2D eigenvalue weighted by Crippen LogP contribution is -2.44. The summed E-state index contributed by atoms with van der Waals surface area (Å²) in [5, 5.41) is 2.70. The van der Waals surface area contributed by atoms with E-state index in [9.17, 15) is 18.0 Å². The number of rotatable bonds is 5. The maximum atomic E-state index is 13.3. The molecule has 1 amide bonds. The molecular formula is C19H21F3N4OS. The number of halogens is 3. The quantitative estimate of drug-likeness (QED) is 0.603. The number of benzene rings is 1. The Morgan fingerprint density at radius 2 is 1.93 bits per heavy atom. The molecule has 1 aliphatic heterocycles. The minimum atomic E-state index is -4.71. The molecule has 9 heteroatoms. The van der Waals surface area contributed by atoms with Crippen LogP contribution in [-0.4, -0.2) is 46.2 Å². The number of alkyl halides is 3. The van der Waals surface area contributed by atoms with Crippen LogP contribution < -0.4 is 5.32 Å². The van der Waals surface area contributed by atoms with Gasteiger partial charge in [0.1, 0.15) is 0 Å². The average Bonchev–Trinajstić information content (AvgIpc) is 2.69. The minimum absolute atomic E-state index is 0.0157. The molecule has 1 aromatic carbocycles. The molecule has 0 aliphatic carbocycles. The molecule has 1 N–H and O–H groups in total. The van der Waals surface area contributed by atoms with Crippen molar-refractivity contribution in [3.63, 3.8) is 0 Å². The summed E-state index contributed by atoms with van der Waals surface area (Å²) in [4.78, 5) is 22.0. The number of piperidine rings is 1. The van der Waals surface area contributed by atoms with Gasteiger partial charge in [-0.1, -0.05) is 42.1 Å². The van der Waals surface area contributed by atoms with Crippen molar-refractivity contribution >= 4 is 17.7 Å². The van der Waals surface area contributed by atoms with E-state index >= 15 is 0 Å². The minimum Gasteiger partial charge on any atom is -0.349 e. The Morgan fingerprint density at radius 1 is 1.25 bits per heavy atom. The van der Waals surface area contributed by atoms with Gasteiger partial charge in [-0.3, -0.25) is 9.69 Å². The van der Waals surface area contributed by atoms with Gasteiger partial charge in [0.25, 0.3) is 5.91 Å². The lowest BCUT2D eigenvalue weighted by molar-refractivity contribution is -0.142. The fourth-order valence-electron chi connectivity index (χ4n) is 3.19. The van der Waals surface area contributed by atoms with Crippen LogP contribution in [0.4, 0.5) is 13.2 Å². The zero-order chi connectivity index (χ0) is 20.1. The van der Waals surface area contributed by atoms with Crippen LogP contribution in [0.25, 0.3) is 0 Å². The van der Waals surface area contributed by atoms with Gasteiger partial charge >= 0.3 is 6.18 Å². The van der Waals surface area contributed by atoms with Crippen LogP contribution >= 0.6 is 11.8 Å². The maximum absolute atomic E-state index is 13.3. The molecule has 0 saturated carbocycles. The third kappa shape index (κ3) is 5.23. The Kier molecular flexibility index (Phi) is 6.56. The fourth-order valence-corrected chi connectivity index (χ4v) is 3.53.